The maximum Gasteiger partial charge on any atom is 0.196 e. The Hall–Kier alpha value is -3.63. The van der Waals surface area contributed by atoms with Gasteiger partial charge in [0, 0.05) is 17.3 Å². The van der Waals surface area contributed by atoms with Crippen molar-refractivity contribution in [3.8, 4) is 17.4 Å². The molecule has 0 fully saturated rings. The summed E-state index contributed by atoms with van der Waals surface area (Å²) >= 11 is 5.90. The maximum atomic E-state index is 13.1. The summed E-state index contributed by atoms with van der Waals surface area (Å²) < 4.78 is 6.24. The van der Waals surface area contributed by atoms with Gasteiger partial charge >= 0.3 is 0 Å². The number of aromatic nitrogens is 3. The number of nitriles is 1. The van der Waals surface area contributed by atoms with Crippen LogP contribution in [-0.4, -0.2) is 15.2 Å². The van der Waals surface area contributed by atoms with E-state index in [4.69, 9.17) is 16.0 Å². The lowest BCUT2D eigenvalue weighted by atomic mass is 9.99. The van der Waals surface area contributed by atoms with Gasteiger partial charge in [0.05, 0.1) is 28.9 Å². The number of rotatable bonds is 4. The predicted molar refractivity (Wildman–Crippen MR) is 116 cm³/mol. The number of pyridine rings is 1. The first-order valence-electron chi connectivity index (χ1n) is 9.29. The molecule has 2 N–H and O–H groups in total. The van der Waals surface area contributed by atoms with Gasteiger partial charge in [0.25, 0.3) is 0 Å². The van der Waals surface area contributed by atoms with E-state index in [9.17, 15) is 10.1 Å². The average Bonchev–Trinajstić information content (AvgIpc) is 3.26. The Morgan fingerprint density at radius 2 is 2.10 bits per heavy atom. The van der Waals surface area contributed by atoms with Crippen LogP contribution in [0.1, 0.15) is 35.3 Å². The number of nitrogens with zero attached hydrogens (tertiary/aromatic N) is 3. The third-order valence-corrected chi connectivity index (χ3v) is 5.17. The highest BCUT2D eigenvalue weighted by Gasteiger charge is 2.20. The van der Waals surface area contributed by atoms with E-state index in [-0.39, 0.29) is 22.3 Å². The van der Waals surface area contributed by atoms with Crippen molar-refractivity contribution in [1.82, 2.24) is 15.2 Å². The number of fused-ring (bicyclic) bond motifs is 1. The van der Waals surface area contributed by atoms with Crippen molar-refractivity contribution in [1.29, 1.82) is 5.26 Å². The van der Waals surface area contributed by atoms with Gasteiger partial charge in [-0.25, -0.2) is 4.98 Å². The summed E-state index contributed by atoms with van der Waals surface area (Å²) in [6.07, 6.45) is 3.30. The number of nitrogens with one attached hydrogen (secondary N) is 2. The fourth-order valence-corrected chi connectivity index (χ4v) is 3.64. The Labute approximate surface area is 177 Å². The van der Waals surface area contributed by atoms with Crippen molar-refractivity contribution in [2.75, 3.05) is 5.32 Å². The lowest BCUT2D eigenvalue weighted by molar-refractivity contribution is 0.605. The van der Waals surface area contributed by atoms with Crippen LogP contribution in [0.3, 0.4) is 0 Å². The van der Waals surface area contributed by atoms with Crippen molar-refractivity contribution in [3.05, 3.63) is 74.4 Å². The summed E-state index contributed by atoms with van der Waals surface area (Å²) in [5.41, 5.74) is 4.11. The molecule has 3 heterocycles. The minimum atomic E-state index is -0.273. The predicted octanol–water partition coefficient (Wildman–Crippen LogP) is 4.89. The van der Waals surface area contributed by atoms with Gasteiger partial charge < -0.3 is 9.73 Å². The van der Waals surface area contributed by atoms with Crippen LogP contribution < -0.4 is 10.7 Å². The molecule has 0 aliphatic rings. The molecule has 0 saturated heterocycles. The normalized spacial score (nSPS) is 12.0. The number of aromatic amines is 1. The van der Waals surface area contributed by atoms with Gasteiger partial charge in [0.1, 0.15) is 22.6 Å². The van der Waals surface area contributed by atoms with Gasteiger partial charge in [-0.1, -0.05) is 17.7 Å². The number of aryl methyl sites for hydroxylation is 1. The first kappa shape index (κ1) is 19.7. The number of anilines is 1. The van der Waals surface area contributed by atoms with Crippen LogP contribution in [0.4, 0.5) is 5.69 Å². The second-order valence-electron chi connectivity index (χ2n) is 7.11. The topological polar surface area (TPSA) is 108 Å². The molecule has 0 spiro atoms. The molecule has 0 aliphatic carbocycles. The maximum absolute atomic E-state index is 13.1. The Balaban J connectivity index is 1.88. The molecule has 0 saturated carbocycles. The van der Waals surface area contributed by atoms with Crippen LogP contribution in [0.25, 0.3) is 22.3 Å². The molecule has 3 aromatic heterocycles. The second kappa shape index (κ2) is 7.65. The summed E-state index contributed by atoms with van der Waals surface area (Å²) in [4.78, 5) is 17.1. The molecule has 0 bridgehead atoms. The Kier molecular flexibility index (Phi) is 5.02. The first-order chi connectivity index (χ1) is 14.4. The fourth-order valence-electron chi connectivity index (χ4n) is 3.49. The minimum absolute atomic E-state index is 0.0875. The molecular formula is C22H18ClN5O2. The van der Waals surface area contributed by atoms with E-state index >= 15 is 0 Å². The van der Waals surface area contributed by atoms with Gasteiger partial charge in [0.15, 0.2) is 11.1 Å². The molecule has 150 valence electrons. The molecule has 30 heavy (non-hydrogen) atoms. The van der Waals surface area contributed by atoms with E-state index in [1.165, 1.54) is 0 Å². The van der Waals surface area contributed by atoms with E-state index in [0.717, 1.165) is 11.1 Å². The monoisotopic (exact) mass is 419 g/mol. The quantitative estimate of drug-likeness (QED) is 0.456. The Bertz CT molecular complexity index is 1350. The summed E-state index contributed by atoms with van der Waals surface area (Å²) in [6.45, 7) is 5.61. The zero-order valence-electron chi connectivity index (χ0n) is 16.6. The lowest BCUT2D eigenvalue weighted by Crippen LogP contribution is -2.13. The molecule has 1 atom stereocenters. The largest absolute Gasteiger partial charge is 0.455 e. The second-order valence-corrected chi connectivity index (χ2v) is 7.50. The zero-order valence-corrected chi connectivity index (χ0v) is 17.3. The summed E-state index contributed by atoms with van der Waals surface area (Å²) in [7, 11) is 0. The van der Waals surface area contributed by atoms with Crippen LogP contribution in [0.2, 0.25) is 5.15 Å². The first-order valence-corrected chi connectivity index (χ1v) is 9.67. The zero-order chi connectivity index (χ0) is 21.4. The molecule has 1 aromatic carbocycles. The molecule has 8 heteroatoms. The van der Waals surface area contributed by atoms with Gasteiger partial charge in [0.2, 0.25) is 0 Å². The van der Waals surface area contributed by atoms with Crippen LogP contribution >= 0.6 is 11.6 Å². The number of hydrogen-bond donors (Lipinski definition) is 2. The molecule has 0 amide bonds. The minimum Gasteiger partial charge on any atom is -0.455 e. The summed E-state index contributed by atoms with van der Waals surface area (Å²) in [5.74, 6) is 0.476. The molecule has 4 aromatic rings. The standard InChI is InChI=1S/C22H18ClN5O2/c1-11-6-15(13(3)27-17-4-5-19(23)28-18(17)8-24)22-16(7-11)20(29)12(2)21(30-22)14-9-25-26-10-14/h4-7,9-10,13,27H,1-3H3,(H,25,26). The molecular weight excluding hydrogens is 402 g/mol. The Morgan fingerprint density at radius 1 is 1.30 bits per heavy atom. The van der Waals surface area contributed by atoms with Gasteiger partial charge in [-0.2, -0.15) is 10.4 Å². The van der Waals surface area contributed by atoms with Crippen LogP contribution in [0, 0.1) is 25.2 Å². The lowest BCUT2D eigenvalue weighted by Gasteiger charge is -2.19. The van der Waals surface area contributed by atoms with Crippen molar-refractivity contribution in [3.63, 3.8) is 0 Å². The van der Waals surface area contributed by atoms with E-state index < -0.39 is 0 Å². The average molecular weight is 420 g/mol. The van der Waals surface area contributed by atoms with Crippen molar-refractivity contribution >= 4 is 28.3 Å². The Morgan fingerprint density at radius 3 is 2.80 bits per heavy atom. The van der Waals surface area contributed by atoms with Crippen molar-refractivity contribution in [2.24, 2.45) is 0 Å². The van der Waals surface area contributed by atoms with E-state index in [0.29, 0.717) is 33.5 Å². The fraction of sp³-hybridized carbons (Fsp3) is 0.182. The third kappa shape index (κ3) is 3.42. The van der Waals surface area contributed by atoms with E-state index in [2.05, 4.69) is 20.5 Å². The van der Waals surface area contributed by atoms with E-state index in [1.54, 1.807) is 31.5 Å². The highest BCUT2D eigenvalue weighted by Crippen LogP contribution is 2.32. The van der Waals surface area contributed by atoms with Crippen LogP contribution in [0.15, 0.2) is 45.9 Å². The molecule has 0 radical (unpaired) electrons. The van der Waals surface area contributed by atoms with Gasteiger partial charge in [-0.3, -0.25) is 9.89 Å². The number of H-pyrrole nitrogens is 1. The molecule has 4 rings (SSSR count). The van der Waals surface area contributed by atoms with Crippen molar-refractivity contribution < 1.29 is 4.42 Å². The highest BCUT2D eigenvalue weighted by atomic mass is 35.5. The van der Waals surface area contributed by atoms with Gasteiger partial charge in [-0.15, -0.1) is 0 Å². The summed E-state index contributed by atoms with van der Waals surface area (Å²) in [5, 5.41) is 20.1. The van der Waals surface area contributed by atoms with Gasteiger partial charge in [-0.05, 0) is 44.5 Å². The summed E-state index contributed by atoms with van der Waals surface area (Å²) in [6, 6.07) is 8.89. The molecule has 7 nitrogen and oxygen atoms in total. The van der Waals surface area contributed by atoms with Crippen LogP contribution in [-0.2, 0) is 0 Å². The number of benzene rings is 1. The number of halogens is 1. The molecule has 1 unspecified atom stereocenters. The highest BCUT2D eigenvalue weighted by molar-refractivity contribution is 6.29. The third-order valence-electron chi connectivity index (χ3n) is 4.96. The van der Waals surface area contributed by atoms with E-state index in [1.807, 2.05) is 32.0 Å². The SMILES string of the molecule is Cc1cc(C(C)Nc2ccc(Cl)nc2C#N)c2oc(-c3cn[nH]c3)c(C)c(=O)c2c1. The smallest absolute Gasteiger partial charge is 0.196 e. The molecule has 0 aliphatic heterocycles. The number of hydrogen-bond acceptors (Lipinski definition) is 6. The van der Waals surface area contributed by atoms with Crippen LogP contribution in [0.5, 0.6) is 0 Å². The van der Waals surface area contributed by atoms with Crippen molar-refractivity contribution in [2.45, 2.75) is 26.8 Å².